The van der Waals surface area contributed by atoms with Crippen molar-refractivity contribution in [3.8, 4) is 5.75 Å². The molecule has 1 aliphatic carbocycles. The van der Waals surface area contributed by atoms with Gasteiger partial charge in [-0.2, -0.15) is 13.2 Å². The maximum absolute atomic E-state index is 14.2. The number of amides is 4. The van der Waals surface area contributed by atoms with Crippen molar-refractivity contribution in [3.63, 3.8) is 0 Å². The largest absolute Gasteiger partial charge is 0.497 e. The van der Waals surface area contributed by atoms with Crippen molar-refractivity contribution in [1.82, 2.24) is 15.2 Å². The number of pyridine rings is 1. The number of anilines is 1. The summed E-state index contributed by atoms with van der Waals surface area (Å²) in [6.45, 7) is 5.09. The Balaban J connectivity index is 1.40. The Labute approximate surface area is 306 Å². The first kappa shape index (κ1) is 39.1. The molecule has 1 saturated heterocycles. The van der Waals surface area contributed by atoms with Crippen molar-refractivity contribution >= 4 is 29.8 Å². The van der Waals surface area contributed by atoms with E-state index in [0.29, 0.717) is 34.6 Å². The number of rotatable bonds is 11. The molecule has 1 N–H and O–H groups in total. The van der Waals surface area contributed by atoms with Crippen LogP contribution in [0, 0.1) is 11.8 Å². The van der Waals surface area contributed by atoms with Crippen LogP contribution in [0.3, 0.4) is 0 Å². The van der Waals surface area contributed by atoms with Crippen LogP contribution in [0.5, 0.6) is 5.75 Å². The second-order valence-electron chi connectivity index (χ2n) is 14.4. The molecule has 5 rings (SSSR count). The molecule has 0 bridgehead atoms. The quantitative estimate of drug-likeness (QED) is 0.160. The molecule has 2 aliphatic rings. The van der Waals surface area contributed by atoms with Gasteiger partial charge in [0.1, 0.15) is 29.8 Å². The van der Waals surface area contributed by atoms with Crippen LogP contribution in [0.4, 0.5) is 28.6 Å². The number of benzene rings is 2. The van der Waals surface area contributed by atoms with E-state index in [9.17, 15) is 32.3 Å². The molecule has 1 saturated carbocycles. The van der Waals surface area contributed by atoms with Gasteiger partial charge in [0, 0.05) is 6.20 Å². The highest BCUT2D eigenvalue weighted by molar-refractivity contribution is 6.08. The minimum Gasteiger partial charge on any atom is -0.497 e. The smallest absolute Gasteiger partial charge is 0.416 e. The number of imide groups is 1. The first-order chi connectivity index (χ1) is 25.1. The van der Waals surface area contributed by atoms with E-state index >= 15 is 0 Å². The molecular formula is C39H45F3N4O7. The molecule has 11 nitrogen and oxygen atoms in total. The number of esters is 1. The van der Waals surface area contributed by atoms with Crippen LogP contribution in [0.2, 0.25) is 0 Å². The van der Waals surface area contributed by atoms with E-state index in [0.717, 1.165) is 12.0 Å². The molecule has 0 radical (unpaired) electrons. The van der Waals surface area contributed by atoms with E-state index in [1.54, 1.807) is 94.6 Å². The number of nitrogens with one attached hydrogen (secondary N) is 1. The Bertz CT molecular complexity index is 1740. The summed E-state index contributed by atoms with van der Waals surface area (Å²) >= 11 is 0. The van der Waals surface area contributed by atoms with Crippen LogP contribution in [0.1, 0.15) is 69.6 Å². The van der Waals surface area contributed by atoms with Gasteiger partial charge in [-0.3, -0.25) is 9.69 Å². The molecule has 4 amide bonds. The molecule has 2 heterocycles. The van der Waals surface area contributed by atoms with Gasteiger partial charge < -0.3 is 19.5 Å². The second kappa shape index (κ2) is 16.7. The summed E-state index contributed by atoms with van der Waals surface area (Å²) in [4.78, 5) is 60.4. The fourth-order valence-corrected chi connectivity index (χ4v) is 6.65. The third kappa shape index (κ3) is 10.1. The minimum atomic E-state index is -4.76. The van der Waals surface area contributed by atoms with Gasteiger partial charge in [-0.1, -0.05) is 61.7 Å². The first-order valence-electron chi connectivity index (χ1n) is 17.6. The molecule has 2 fully saturated rings. The van der Waals surface area contributed by atoms with Crippen molar-refractivity contribution in [3.05, 3.63) is 89.6 Å². The number of β-lactam (4-membered cyclic amide) rings is 1. The van der Waals surface area contributed by atoms with Gasteiger partial charge in [-0.25, -0.2) is 24.3 Å². The number of likely N-dealkylation sites (tertiary alicyclic amines) is 1. The van der Waals surface area contributed by atoms with E-state index < -0.39 is 59.7 Å². The number of carbonyl (C=O) groups excluding carboxylic acids is 4. The number of carbonyl (C=O) groups is 4. The zero-order valence-electron chi connectivity index (χ0n) is 30.2. The number of urea groups is 1. The average molecular weight is 739 g/mol. The SMILES string of the molecule is COc1ccc(CN(C(=O)OC(C)(C)C)c2cc(C[C@H]3C(=O)N(C(=O)N[C@@H](C4CCCCC4)C(F)(F)F)[C@@H]3C(=O)OCc3ccccc3)ccn2)cc1. The van der Waals surface area contributed by atoms with Crippen molar-refractivity contribution in [2.75, 3.05) is 12.0 Å². The summed E-state index contributed by atoms with van der Waals surface area (Å²) in [5, 5.41) is 2.04. The van der Waals surface area contributed by atoms with Crippen LogP contribution < -0.4 is 15.0 Å². The van der Waals surface area contributed by atoms with Crippen molar-refractivity contribution in [2.45, 2.75) is 96.3 Å². The maximum Gasteiger partial charge on any atom is 0.416 e. The lowest BCUT2D eigenvalue weighted by Gasteiger charge is -2.44. The fourth-order valence-electron chi connectivity index (χ4n) is 6.65. The highest BCUT2D eigenvalue weighted by Gasteiger charge is 2.57. The van der Waals surface area contributed by atoms with Crippen LogP contribution in [0.15, 0.2) is 72.9 Å². The zero-order chi connectivity index (χ0) is 38.3. The molecule has 0 unspecified atom stereocenters. The van der Waals surface area contributed by atoms with Gasteiger partial charge in [0.15, 0.2) is 6.04 Å². The minimum absolute atomic E-state index is 0.0709. The van der Waals surface area contributed by atoms with Crippen molar-refractivity contribution < 1.29 is 46.6 Å². The van der Waals surface area contributed by atoms with Crippen LogP contribution >= 0.6 is 0 Å². The van der Waals surface area contributed by atoms with Crippen LogP contribution in [-0.4, -0.2) is 64.9 Å². The Hall–Kier alpha value is -5.14. The molecule has 14 heteroatoms. The lowest BCUT2D eigenvalue weighted by atomic mass is 9.82. The van der Waals surface area contributed by atoms with Gasteiger partial charge in [0.25, 0.3) is 0 Å². The number of hydrogen-bond donors (Lipinski definition) is 1. The highest BCUT2D eigenvalue weighted by Crippen LogP contribution is 2.37. The molecule has 1 aliphatic heterocycles. The lowest BCUT2D eigenvalue weighted by Crippen LogP contribution is -2.70. The molecule has 284 valence electrons. The molecule has 53 heavy (non-hydrogen) atoms. The number of nitrogens with zero attached hydrogens (tertiary/aromatic N) is 3. The standard InChI is InChI=1S/C39H45F3N4O7/c1-38(2,3)53-37(50)45(23-25-15-17-29(51-4)18-16-25)31-22-27(19-20-43-31)21-30-32(35(48)52-24-26-11-7-5-8-12-26)46(34(30)47)36(49)44-33(39(40,41)42)28-13-9-6-10-14-28/h5,7-8,11-12,15-20,22,28,30,32-33H,6,9-10,13-14,21,23-24H2,1-4H3,(H,44,49)/t30-,32+,33+/m1/s1. The van der Waals surface area contributed by atoms with Gasteiger partial charge >= 0.3 is 24.3 Å². The summed E-state index contributed by atoms with van der Waals surface area (Å²) in [7, 11) is 1.54. The number of alkyl halides is 3. The Morgan fingerprint density at radius 1 is 0.943 bits per heavy atom. The molecular weight excluding hydrogens is 693 g/mol. The molecule has 2 aromatic carbocycles. The average Bonchev–Trinajstić information content (AvgIpc) is 3.12. The molecule has 0 spiro atoms. The third-order valence-corrected chi connectivity index (χ3v) is 9.31. The van der Waals surface area contributed by atoms with Crippen molar-refractivity contribution in [2.24, 2.45) is 11.8 Å². The number of ether oxygens (including phenoxy) is 3. The predicted molar refractivity (Wildman–Crippen MR) is 189 cm³/mol. The monoisotopic (exact) mass is 738 g/mol. The van der Waals surface area contributed by atoms with Crippen LogP contribution in [0.25, 0.3) is 0 Å². The number of methoxy groups -OCH3 is 1. The van der Waals surface area contributed by atoms with Crippen molar-refractivity contribution in [1.29, 1.82) is 0 Å². The molecule has 3 atom stereocenters. The topological polar surface area (TPSA) is 127 Å². The van der Waals surface area contributed by atoms with E-state index in [4.69, 9.17) is 14.2 Å². The second-order valence-corrected chi connectivity index (χ2v) is 14.4. The number of halogens is 3. The van der Waals surface area contributed by atoms with Gasteiger partial charge in [0.2, 0.25) is 5.91 Å². The summed E-state index contributed by atoms with van der Waals surface area (Å²) in [5.74, 6) is -2.92. The third-order valence-electron chi connectivity index (χ3n) is 9.31. The molecule has 3 aromatic rings. The lowest BCUT2D eigenvalue weighted by molar-refractivity contribution is -0.175. The van der Waals surface area contributed by atoms with Gasteiger partial charge in [-0.15, -0.1) is 0 Å². The van der Waals surface area contributed by atoms with Gasteiger partial charge in [0.05, 0.1) is 19.6 Å². The predicted octanol–water partition coefficient (Wildman–Crippen LogP) is 7.37. The number of aromatic nitrogens is 1. The Morgan fingerprint density at radius 2 is 1.62 bits per heavy atom. The highest BCUT2D eigenvalue weighted by atomic mass is 19.4. The van der Waals surface area contributed by atoms with E-state index in [2.05, 4.69) is 4.98 Å². The summed E-state index contributed by atoms with van der Waals surface area (Å²) in [6.07, 6.45) is -1.52. The van der Waals surface area contributed by atoms with Gasteiger partial charge in [-0.05, 0) is 86.9 Å². The molecule has 1 aromatic heterocycles. The van der Waals surface area contributed by atoms with Crippen LogP contribution in [-0.2, 0) is 38.6 Å². The van der Waals surface area contributed by atoms with E-state index in [1.165, 1.54) is 11.1 Å². The first-order valence-corrected chi connectivity index (χ1v) is 17.6. The zero-order valence-corrected chi connectivity index (χ0v) is 30.2. The summed E-state index contributed by atoms with van der Waals surface area (Å²) in [6, 6.07) is 14.0. The normalized spacial score (nSPS) is 18.4. The summed E-state index contributed by atoms with van der Waals surface area (Å²) < 4.78 is 59.1. The number of hydrogen-bond acceptors (Lipinski definition) is 8. The Kier molecular flexibility index (Phi) is 12.3. The maximum atomic E-state index is 14.2. The summed E-state index contributed by atoms with van der Waals surface area (Å²) in [5.41, 5.74) is 1.04. The van der Waals surface area contributed by atoms with E-state index in [-0.39, 0.29) is 38.2 Å². The fraction of sp³-hybridized carbons (Fsp3) is 0.462. The Morgan fingerprint density at radius 3 is 2.25 bits per heavy atom. The van der Waals surface area contributed by atoms with E-state index in [1.807, 2.05) is 5.32 Å².